The summed E-state index contributed by atoms with van der Waals surface area (Å²) in [5, 5.41) is 18.9. The van der Waals surface area contributed by atoms with E-state index in [9.17, 15) is 20.0 Å². The molecule has 1 aliphatic rings. The standard InChI is InChI=1S/C23H16N2O4/c24-14-16(22(26)25-12-11-15-5-1-4-8-20(15)25)13-17-9-10-21(29-17)18-6-2-3-7-19(18)23(27)28/h1-10,13H,11-12H2,(H,27,28)/b16-13+. The van der Waals surface area contributed by atoms with Crippen LogP contribution >= 0.6 is 0 Å². The number of carbonyl (C=O) groups excluding carboxylic acids is 1. The van der Waals surface area contributed by atoms with Crippen molar-refractivity contribution >= 4 is 23.6 Å². The van der Waals surface area contributed by atoms with E-state index in [1.165, 1.54) is 12.1 Å². The monoisotopic (exact) mass is 384 g/mol. The van der Waals surface area contributed by atoms with Crippen molar-refractivity contribution in [3.05, 3.63) is 83.1 Å². The molecular formula is C23H16N2O4. The first-order chi connectivity index (χ1) is 14.1. The number of rotatable bonds is 4. The molecule has 1 aliphatic heterocycles. The van der Waals surface area contributed by atoms with Crippen LogP contribution in [0.2, 0.25) is 0 Å². The smallest absolute Gasteiger partial charge is 0.336 e. The topological polar surface area (TPSA) is 94.5 Å². The zero-order valence-corrected chi connectivity index (χ0v) is 15.3. The molecule has 6 heteroatoms. The predicted octanol–water partition coefficient (Wildman–Crippen LogP) is 4.14. The molecule has 0 saturated carbocycles. The molecule has 4 rings (SSSR count). The van der Waals surface area contributed by atoms with E-state index in [0.717, 1.165) is 17.7 Å². The molecule has 1 N–H and O–H groups in total. The van der Waals surface area contributed by atoms with Crippen molar-refractivity contribution in [2.45, 2.75) is 6.42 Å². The van der Waals surface area contributed by atoms with Crippen LogP contribution in [-0.4, -0.2) is 23.5 Å². The van der Waals surface area contributed by atoms with Gasteiger partial charge in [0.2, 0.25) is 0 Å². The number of amides is 1. The minimum absolute atomic E-state index is 0.0471. The van der Waals surface area contributed by atoms with E-state index < -0.39 is 5.97 Å². The minimum atomic E-state index is -1.06. The third-order valence-corrected chi connectivity index (χ3v) is 4.82. The zero-order valence-electron chi connectivity index (χ0n) is 15.3. The van der Waals surface area contributed by atoms with Crippen LogP contribution in [0.5, 0.6) is 0 Å². The van der Waals surface area contributed by atoms with Gasteiger partial charge in [0.15, 0.2) is 0 Å². The minimum Gasteiger partial charge on any atom is -0.478 e. The van der Waals surface area contributed by atoms with E-state index in [1.807, 2.05) is 30.3 Å². The molecule has 0 radical (unpaired) electrons. The van der Waals surface area contributed by atoms with E-state index in [1.54, 1.807) is 35.2 Å². The van der Waals surface area contributed by atoms with Crippen LogP contribution in [0.25, 0.3) is 17.4 Å². The fraction of sp³-hybridized carbons (Fsp3) is 0.0870. The SMILES string of the molecule is N#C/C(=C\c1ccc(-c2ccccc2C(=O)O)o1)C(=O)N1CCc2ccccc21. The summed E-state index contributed by atoms with van der Waals surface area (Å²) in [6.45, 7) is 0.520. The Balaban J connectivity index is 1.64. The second kappa shape index (κ2) is 7.49. The fourth-order valence-electron chi connectivity index (χ4n) is 3.44. The van der Waals surface area contributed by atoms with Crippen molar-refractivity contribution in [1.29, 1.82) is 5.26 Å². The molecule has 0 unspecified atom stereocenters. The number of para-hydroxylation sites is 1. The predicted molar refractivity (Wildman–Crippen MR) is 107 cm³/mol. The first-order valence-corrected chi connectivity index (χ1v) is 9.02. The van der Waals surface area contributed by atoms with Crippen LogP contribution < -0.4 is 4.90 Å². The number of nitriles is 1. The van der Waals surface area contributed by atoms with Crippen LogP contribution in [0, 0.1) is 11.3 Å². The summed E-state index contributed by atoms with van der Waals surface area (Å²) in [4.78, 5) is 25.9. The number of anilines is 1. The van der Waals surface area contributed by atoms with Crippen molar-refractivity contribution in [1.82, 2.24) is 0 Å². The van der Waals surface area contributed by atoms with Crippen molar-refractivity contribution in [3.8, 4) is 17.4 Å². The first kappa shape index (κ1) is 18.3. The van der Waals surface area contributed by atoms with Gasteiger partial charge in [-0.25, -0.2) is 4.79 Å². The lowest BCUT2D eigenvalue weighted by atomic mass is 10.1. The van der Waals surface area contributed by atoms with Gasteiger partial charge in [0.1, 0.15) is 23.2 Å². The Morgan fingerprint density at radius 1 is 1.07 bits per heavy atom. The van der Waals surface area contributed by atoms with Crippen molar-refractivity contribution in [2.75, 3.05) is 11.4 Å². The Hall–Kier alpha value is -4.11. The maximum absolute atomic E-state index is 12.9. The van der Waals surface area contributed by atoms with Crippen LogP contribution in [0.1, 0.15) is 21.7 Å². The highest BCUT2D eigenvalue weighted by atomic mass is 16.4. The van der Waals surface area contributed by atoms with Gasteiger partial charge in [0.05, 0.1) is 5.56 Å². The van der Waals surface area contributed by atoms with E-state index in [2.05, 4.69) is 0 Å². The van der Waals surface area contributed by atoms with Gasteiger partial charge in [0, 0.05) is 23.9 Å². The van der Waals surface area contributed by atoms with Crippen molar-refractivity contribution in [2.24, 2.45) is 0 Å². The summed E-state index contributed by atoms with van der Waals surface area (Å²) in [5.74, 6) is -0.793. The number of hydrogen-bond donors (Lipinski definition) is 1. The molecule has 0 bridgehead atoms. The highest BCUT2D eigenvalue weighted by Gasteiger charge is 2.27. The summed E-state index contributed by atoms with van der Waals surface area (Å²) in [7, 11) is 0. The van der Waals surface area contributed by atoms with Crippen LogP contribution in [0.15, 0.2) is 70.7 Å². The largest absolute Gasteiger partial charge is 0.478 e. The third kappa shape index (κ3) is 3.42. The highest BCUT2D eigenvalue weighted by Crippen LogP contribution is 2.30. The number of fused-ring (bicyclic) bond motifs is 1. The molecule has 29 heavy (non-hydrogen) atoms. The van der Waals surface area contributed by atoms with Gasteiger partial charge in [-0.2, -0.15) is 5.26 Å². The highest BCUT2D eigenvalue weighted by molar-refractivity contribution is 6.12. The Labute approximate surface area is 166 Å². The quantitative estimate of drug-likeness (QED) is 0.539. The molecule has 142 valence electrons. The lowest BCUT2D eigenvalue weighted by Gasteiger charge is -2.16. The molecule has 1 amide bonds. The Kier molecular flexibility index (Phi) is 4.71. The summed E-state index contributed by atoms with van der Waals surface area (Å²) in [6.07, 6.45) is 2.13. The van der Waals surface area contributed by atoms with Gasteiger partial charge < -0.3 is 14.4 Å². The molecule has 6 nitrogen and oxygen atoms in total. The van der Waals surface area contributed by atoms with Gasteiger partial charge in [-0.3, -0.25) is 4.79 Å². The molecule has 2 aromatic carbocycles. The molecular weight excluding hydrogens is 368 g/mol. The summed E-state index contributed by atoms with van der Waals surface area (Å²) in [6, 6.07) is 19.3. The second-order valence-electron chi connectivity index (χ2n) is 6.56. The summed E-state index contributed by atoms with van der Waals surface area (Å²) in [5.41, 5.74) is 2.38. The number of aromatic carboxylic acids is 1. The number of benzene rings is 2. The maximum atomic E-state index is 12.9. The number of carboxylic acids is 1. The molecule has 0 saturated heterocycles. The van der Waals surface area contributed by atoms with Gasteiger partial charge in [-0.15, -0.1) is 0 Å². The molecule has 1 aromatic heterocycles. The van der Waals surface area contributed by atoms with E-state index in [-0.39, 0.29) is 17.0 Å². The third-order valence-electron chi connectivity index (χ3n) is 4.82. The molecule has 0 aliphatic carbocycles. The van der Waals surface area contributed by atoms with Crippen LogP contribution in [0.4, 0.5) is 5.69 Å². The normalized spacial score (nSPS) is 13.1. The molecule has 0 atom stereocenters. The second-order valence-corrected chi connectivity index (χ2v) is 6.56. The Bertz CT molecular complexity index is 1180. The van der Waals surface area contributed by atoms with Crippen molar-refractivity contribution < 1.29 is 19.1 Å². The van der Waals surface area contributed by atoms with Gasteiger partial charge >= 0.3 is 5.97 Å². The van der Waals surface area contributed by atoms with E-state index in [4.69, 9.17) is 4.42 Å². The number of carbonyl (C=O) groups is 2. The number of hydrogen-bond acceptors (Lipinski definition) is 4. The van der Waals surface area contributed by atoms with E-state index in [0.29, 0.717) is 23.6 Å². The molecule has 0 spiro atoms. The number of carboxylic acid groups (broad SMARTS) is 1. The van der Waals surface area contributed by atoms with E-state index >= 15 is 0 Å². The van der Waals surface area contributed by atoms with Crippen LogP contribution in [0.3, 0.4) is 0 Å². The van der Waals surface area contributed by atoms with Gasteiger partial charge in [0.25, 0.3) is 5.91 Å². The lowest BCUT2D eigenvalue weighted by Crippen LogP contribution is -2.29. The number of nitrogens with zero attached hydrogens (tertiary/aromatic N) is 2. The first-order valence-electron chi connectivity index (χ1n) is 9.02. The number of furan rings is 1. The summed E-state index contributed by atoms with van der Waals surface area (Å²) >= 11 is 0. The van der Waals surface area contributed by atoms with Crippen LogP contribution in [-0.2, 0) is 11.2 Å². The Morgan fingerprint density at radius 3 is 2.62 bits per heavy atom. The Morgan fingerprint density at radius 2 is 1.83 bits per heavy atom. The average Bonchev–Trinajstić information content (AvgIpc) is 3.38. The van der Waals surface area contributed by atoms with Crippen molar-refractivity contribution in [3.63, 3.8) is 0 Å². The van der Waals surface area contributed by atoms with Gasteiger partial charge in [-0.05, 0) is 36.2 Å². The maximum Gasteiger partial charge on any atom is 0.336 e. The lowest BCUT2D eigenvalue weighted by molar-refractivity contribution is -0.114. The molecule has 3 aromatic rings. The average molecular weight is 384 g/mol. The zero-order chi connectivity index (χ0) is 20.4. The molecule has 2 heterocycles. The van der Waals surface area contributed by atoms with Gasteiger partial charge in [-0.1, -0.05) is 36.4 Å². The summed E-state index contributed by atoms with van der Waals surface area (Å²) < 4.78 is 5.71. The molecule has 0 fully saturated rings. The fourth-order valence-corrected chi connectivity index (χ4v) is 3.44.